The van der Waals surface area contributed by atoms with E-state index in [1.54, 1.807) is 0 Å². The van der Waals surface area contributed by atoms with Gasteiger partial charge in [0.15, 0.2) is 0 Å². The van der Waals surface area contributed by atoms with Crippen molar-refractivity contribution in [3.8, 4) is 0 Å². The summed E-state index contributed by atoms with van der Waals surface area (Å²) < 4.78 is 0. The Kier molecular flexibility index (Phi) is 16.3. The van der Waals surface area contributed by atoms with Crippen molar-refractivity contribution < 1.29 is 0 Å². The third-order valence-electron chi connectivity index (χ3n) is 6.10. The molecule has 0 aromatic rings. The summed E-state index contributed by atoms with van der Waals surface area (Å²) in [6, 6.07) is 0. The Labute approximate surface area is 155 Å². The predicted octanol–water partition coefficient (Wildman–Crippen LogP) is 9.34. The molecule has 2 atom stereocenters. The summed E-state index contributed by atoms with van der Waals surface area (Å²) in [5.74, 6) is 0. The Hall–Kier alpha value is -0.260. The van der Waals surface area contributed by atoms with E-state index in [9.17, 15) is 0 Å². The topological polar surface area (TPSA) is 0 Å². The van der Waals surface area contributed by atoms with Crippen molar-refractivity contribution >= 4 is 0 Å². The molecular weight excluding hydrogens is 288 g/mol. The minimum absolute atomic E-state index is 0.399. The maximum atomic E-state index is 4.38. The summed E-state index contributed by atoms with van der Waals surface area (Å²) in [5.41, 5.74) is 2.40. The molecule has 0 saturated heterocycles. The standard InChI is InChI=1S/C15H28.C4H8.C3H8.C2H6/c1-6-10-13(3)15(5)12-9-8-11-14(15,4)7-2;1-2-4-3-1;1-3-2;1-2/h3,6-12H2,1-2,4-5H3;1-4H2;3H2,1-2H3;1-2H3/t14-,15+;;;/m0.../s1. The second-order valence-corrected chi connectivity index (χ2v) is 7.93. The summed E-state index contributed by atoms with van der Waals surface area (Å²) in [6.45, 7) is 22.2. The number of allylic oxidation sites excluding steroid dienone is 1. The normalized spacial score (nSPS) is 27.8. The summed E-state index contributed by atoms with van der Waals surface area (Å²) in [5, 5.41) is 0. The van der Waals surface area contributed by atoms with Crippen molar-refractivity contribution in [2.75, 3.05) is 0 Å². The molecule has 0 amide bonds. The summed E-state index contributed by atoms with van der Waals surface area (Å²) in [6.07, 6.45) is 16.6. The van der Waals surface area contributed by atoms with E-state index in [4.69, 9.17) is 0 Å². The van der Waals surface area contributed by atoms with Crippen LogP contribution in [0.25, 0.3) is 0 Å². The predicted molar refractivity (Wildman–Crippen MR) is 115 cm³/mol. The lowest BCUT2D eigenvalue weighted by Crippen LogP contribution is -2.41. The highest BCUT2D eigenvalue weighted by molar-refractivity contribution is 5.16. The molecule has 0 nitrogen and oxygen atoms in total. The Bertz CT molecular complexity index is 282. The van der Waals surface area contributed by atoms with Gasteiger partial charge in [0.05, 0.1) is 0 Å². The van der Waals surface area contributed by atoms with E-state index in [1.807, 2.05) is 13.8 Å². The van der Waals surface area contributed by atoms with E-state index >= 15 is 0 Å². The van der Waals surface area contributed by atoms with Crippen molar-refractivity contribution in [2.45, 2.75) is 132 Å². The molecule has 0 aromatic heterocycles. The first kappa shape index (κ1) is 26.0. The number of rotatable bonds is 4. The first-order valence-corrected chi connectivity index (χ1v) is 11.1. The van der Waals surface area contributed by atoms with Gasteiger partial charge >= 0.3 is 0 Å². The van der Waals surface area contributed by atoms with Crippen molar-refractivity contribution in [1.29, 1.82) is 0 Å². The third-order valence-corrected chi connectivity index (χ3v) is 6.10. The van der Waals surface area contributed by atoms with Gasteiger partial charge in [-0.2, -0.15) is 0 Å². The molecule has 2 saturated carbocycles. The molecule has 0 aromatic carbocycles. The zero-order chi connectivity index (χ0) is 19.1. The zero-order valence-corrected chi connectivity index (χ0v) is 18.7. The van der Waals surface area contributed by atoms with Gasteiger partial charge in [0.2, 0.25) is 0 Å². The van der Waals surface area contributed by atoms with E-state index in [0.29, 0.717) is 10.8 Å². The van der Waals surface area contributed by atoms with Gasteiger partial charge in [-0.25, -0.2) is 0 Å². The van der Waals surface area contributed by atoms with Crippen molar-refractivity contribution in [3.05, 3.63) is 12.2 Å². The van der Waals surface area contributed by atoms with Crippen LogP contribution in [-0.2, 0) is 0 Å². The lowest BCUT2D eigenvalue weighted by molar-refractivity contribution is 0.0430. The van der Waals surface area contributed by atoms with Crippen LogP contribution in [0.2, 0.25) is 0 Å². The summed E-state index contributed by atoms with van der Waals surface area (Å²) >= 11 is 0. The highest BCUT2D eigenvalue weighted by Crippen LogP contribution is 2.56. The Morgan fingerprint density at radius 3 is 1.54 bits per heavy atom. The maximum absolute atomic E-state index is 4.38. The van der Waals surface area contributed by atoms with E-state index in [-0.39, 0.29) is 0 Å². The second kappa shape index (κ2) is 15.0. The second-order valence-electron chi connectivity index (χ2n) is 7.93. The van der Waals surface area contributed by atoms with Gasteiger partial charge in [-0.1, -0.05) is 119 Å². The summed E-state index contributed by atoms with van der Waals surface area (Å²) in [4.78, 5) is 0. The third kappa shape index (κ3) is 8.21. The van der Waals surface area contributed by atoms with Crippen molar-refractivity contribution in [1.82, 2.24) is 0 Å². The van der Waals surface area contributed by atoms with E-state index in [0.717, 1.165) is 0 Å². The van der Waals surface area contributed by atoms with Crippen LogP contribution in [0.5, 0.6) is 0 Å². The Morgan fingerprint density at radius 1 is 0.792 bits per heavy atom. The quantitative estimate of drug-likeness (QED) is 0.448. The van der Waals surface area contributed by atoms with Crippen LogP contribution in [0.15, 0.2) is 12.2 Å². The van der Waals surface area contributed by atoms with Gasteiger partial charge in [-0.15, -0.1) is 0 Å². The smallest absolute Gasteiger partial charge is 0.00654 e. The number of hydrogen-bond donors (Lipinski definition) is 0. The van der Waals surface area contributed by atoms with Gasteiger partial charge in [0.25, 0.3) is 0 Å². The van der Waals surface area contributed by atoms with Crippen LogP contribution in [0.4, 0.5) is 0 Å². The molecule has 0 spiro atoms. The molecule has 0 radical (unpaired) electrons. The molecule has 2 aliphatic carbocycles. The highest BCUT2D eigenvalue weighted by Gasteiger charge is 2.45. The van der Waals surface area contributed by atoms with Crippen LogP contribution in [0, 0.1) is 10.8 Å². The monoisotopic (exact) mass is 338 g/mol. The molecule has 0 heteroatoms. The zero-order valence-electron chi connectivity index (χ0n) is 18.7. The first-order valence-electron chi connectivity index (χ1n) is 11.1. The first-order chi connectivity index (χ1) is 11.4. The van der Waals surface area contributed by atoms with E-state index in [2.05, 4.69) is 48.1 Å². The minimum Gasteiger partial charge on any atom is -0.0993 e. The average Bonchev–Trinajstić information content (AvgIpc) is 2.52. The van der Waals surface area contributed by atoms with Crippen molar-refractivity contribution in [3.63, 3.8) is 0 Å². The fraction of sp³-hybridized carbons (Fsp3) is 0.917. The van der Waals surface area contributed by atoms with Gasteiger partial charge in [0, 0.05) is 0 Å². The minimum atomic E-state index is 0.399. The molecule has 0 aliphatic heterocycles. The lowest BCUT2D eigenvalue weighted by atomic mass is 9.53. The number of hydrogen-bond acceptors (Lipinski definition) is 0. The fourth-order valence-electron chi connectivity index (χ4n) is 3.57. The Balaban J connectivity index is 0. The van der Waals surface area contributed by atoms with Crippen molar-refractivity contribution in [2.24, 2.45) is 10.8 Å². The molecule has 0 N–H and O–H groups in total. The van der Waals surface area contributed by atoms with E-state index in [1.165, 1.54) is 82.6 Å². The molecule has 0 heterocycles. The average molecular weight is 339 g/mol. The summed E-state index contributed by atoms with van der Waals surface area (Å²) in [7, 11) is 0. The van der Waals surface area contributed by atoms with Gasteiger partial charge in [-0.3, -0.25) is 0 Å². The fourth-order valence-corrected chi connectivity index (χ4v) is 3.57. The van der Waals surface area contributed by atoms with Crippen LogP contribution in [0.1, 0.15) is 132 Å². The molecule has 2 fully saturated rings. The van der Waals surface area contributed by atoms with Crippen LogP contribution in [-0.4, -0.2) is 0 Å². The SMILES string of the molecule is C1CCC1.C=C(CCC)[C@@]1(C)CCCC[C@]1(C)CC.CC.CCC. The molecule has 2 aliphatic rings. The molecule has 0 unspecified atom stereocenters. The van der Waals surface area contributed by atoms with Gasteiger partial charge in [-0.05, 0) is 36.5 Å². The molecule has 0 bridgehead atoms. The van der Waals surface area contributed by atoms with Gasteiger partial charge in [0.1, 0.15) is 0 Å². The largest absolute Gasteiger partial charge is 0.0993 e. The molecular formula is C24H50. The maximum Gasteiger partial charge on any atom is -0.00654 e. The Morgan fingerprint density at radius 2 is 1.21 bits per heavy atom. The lowest BCUT2D eigenvalue weighted by Gasteiger charge is -2.51. The van der Waals surface area contributed by atoms with E-state index < -0.39 is 0 Å². The molecule has 2 rings (SSSR count). The van der Waals surface area contributed by atoms with Gasteiger partial charge < -0.3 is 0 Å². The molecule has 146 valence electrons. The van der Waals surface area contributed by atoms with Crippen LogP contribution < -0.4 is 0 Å². The molecule has 24 heavy (non-hydrogen) atoms. The van der Waals surface area contributed by atoms with Crippen LogP contribution in [0.3, 0.4) is 0 Å². The van der Waals surface area contributed by atoms with Crippen LogP contribution >= 0.6 is 0 Å². The highest BCUT2D eigenvalue weighted by atomic mass is 14.5.